The highest BCUT2D eigenvalue weighted by molar-refractivity contribution is 5.80. The lowest BCUT2D eigenvalue weighted by molar-refractivity contribution is -0.149. The summed E-state index contributed by atoms with van der Waals surface area (Å²) in [7, 11) is 0. The molecule has 0 aromatic rings. The van der Waals surface area contributed by atoms with Crippen molar-refractivity contribution in [2.45, 2.75) is 65.8 Å². The number of nitrogens with one attached hydrogen (secondary N) is 1. The maximum atomic E-state index is 12.0. The van der Waals surface area contributed by atoms with E-state index >= 15 is 0 Å². The Hall–Kier alpha value is -1.30. The van der Waals surface area contributed by atoms with E-state index in [0.717, 1.165) is 50.9 Å². The number of piperidine rings is 2. The molecule has 1 unspecified atom stereocenters. The quantitative estimate of drug-likeness (QED) is 0.436. The predicted octanol–water partition coefficient (Wildman–Crippen LogP) is 2.74. The highest BCUT2D eigenvalue weighted by Gasteiger charge is 2.31. The summed E-state index contributed by atoms with van der Waals surface area (Å²) in [5.74, 6) is 1.75. The van der Waals surface area contributed by atoms with E-state index in [-0.39, 0.29) is 17.4 Å². The lowest BCUT2D eigenvalue weighted by Crippen LogP contribution is -2.52. The number of guanidine groups is 1. The van der Waals surface area contributed by atoms with Crippen molar-refractivity contribution < 1.29 is 9.53 Å². The van der Waals surface area contributed by atoms with Crippen LogP contribution in [0.4, 0.5) is 0 Å². The molecule has 0 spiro atoms. The third-order valence-electron chi connectivity index (χ3n) is 5.88. The molecule has 2 fully saturated rings. The van der Waals surface area contributed by atoms with E-state index < -0.39 is 0 Å². The molecule has 156 valence electrons. The van der Waals surface area contributed by atoms with E-state index in [4.69, 9.17) is 9.73 Å². The van der Waals surface area contributed by atoms with E-state index in [1.165, 1.54) is 25.9 Å². The molecule has 0 aromatic heterocycles. The summed E-state index contributed by atoms with van der Waals surface area (Å²) in [6.45, 7) is 17.1. The zero-order valence-corrected chi connectivity index (χ0v) is 18.1. The fourth-order valence-electron chi connectivity index (χ4n) is 4.12. The van der Waals surface area contributed by atoms with Gasteiger partial charge in [0.1, 0.15) is 0 Å². The first-order chi connectivity index (χ1) is 12.9. The van der Waals surface area contributed by atoms with Gasteiger partial charge in [-0.1, -0.05) is 6.92 Å². The third-order valence-corrected chi connectivity index (χ3v) is 5.88. The molecule has 27 heavy (non-hydrogen) atoms. The Morgan fingerprint density at radius 1 is 1.19 bits per heavy atom. The van der Waals surface area contributed by atoms with Gasteiger partial charge in [-0.25, -0.2) is 0 Å². The molecular weight excluding hydrogens is 340 g/mol. The highest BCUT2D eigenvalue weighted by atomic mass is 16.5. The Morgan fingerprint density at radius 2 is 1.89 bits per heavy atom. The summed E-state index contributed by atoms with van der Waals surface area (Å²) < 4.78 is 5.18. The Morgan fingerprint density at radius 3 is 2.48 bits per heavy atom. The first-order valence-corrected chi connectivity index (χ1v) is 10.8. The number of hydrogen-bond acceptors (Lipinski definition) is 4. The maximum Gasteiger partial charge on any atom is 0.309 e. The summed E-state index contributed by atoms with van der Waals surface area (Å²) in [5, 5.41) is 3.45. The highest BCUT2D eigenvalue weighted by Crippen LogP contribution is 2.24. The van der Waals surface area contributed by atoms with Crippen LogP contribution >= 0.6 is 0 Å². The van der Waals surface area contributed by atoms with Gasteiger partial charge in [0.05, 0.1) is 19.1 Å². The zero-order chi connectivity index (χ0) is 19.9. The van der Waals surface area contributed by atoms with Crippen LogP contribution in [0, 0.1) is 11.8 Å². The number of rotatable bonds is 6. The summed E-state index contributed by atoms with van der Waals surface area (Å²) in [6.07, 6.45) is 4.32. The number of carbonyl (C=O) groups is 1. The van der Waals surface area contributed by atoms with Crippen molar-refractivity contribution in [3.8, 4) is 0 Å². The third kappa shape index (κ3) is 6.37. The van der Waals surface area contributed by atoms with E-state index in [9.17, 15) is 4.79 Å². The van der Waals surface area contributed by atoms with Crippen molar-refractivity contribution in [1.29, 1.82) is 0 Å². The molecule has 6 nitrogen and oxygen atoms in total. The lowest BCUT2D eigenvalue weighted by atomic mass is 9.93. The van der Waals surface area contributed by atoms with E-state index in [2.05, 4.69) is 42.8 Å². The van der Waals surface area contributed by atoms with Gasteiger partial charge in [-0.05, 0) is 65.8 Å². The summed E-state index contributed by atoms with van der Waals surface area (Å²) in [6, 6.07) is 0. The standard InChI is InChI=1S/C21H40N4O2/c1-6-22-20(24-13-10-18(11-14-24)19(26)27-7-2)23-16-21(4,5)25-12-8-9-17(3)15-25/h17-18H,6-16H2,1-5H3,(H,22,23). The number of nitrogens with zero attached hydrogens (tertiary/aromatic N) is 3. The second-order valence-electron chi connectivity index (χ2n) is 8.69. The minimum Gasteiger partial charge on any atom is -0.466 e. The number of ether oxygens (including phenoxy) is 1. The van der Waals surface area contributed by atoms with Gasteiger partial charge in [0, 0.05) is 31.7 Å². The molecule has 2 saturated heterocycles. The molecule has 1 atom stereocenters. The van der Waals surface area contributed by atoms with Crippen molar-refractivity contribution in [1.82, 2.24) is 15.1 Å². The van der Waals surface area contributed by atoms with Crippen LogP contribution in [0.15, 0.2) is 4.99 Å². The van der Waals surface area contributed by atoms with Gasteiger partial charge in [0.25, 0.3) is 0 Å². The first kappa shape index (κ1) is 22.0. The van der Waals surface area contributed by atoms with Gasteiger partial charge in [0.2, 0.25) is 0 Å². The first-order valence-electron chi connectivity index (χ1n) is 10.8. The Bertz CT molecular complexity index is 498. The molecule has 0 bridgehead atoms. The second kappa shape index (κ2) is 10.3. The molecule has 0 amide bonds. The number of hydrogen-bond donors (Lipinski definition) is 1. The maximum absolute atomic E-state index is 12.0. The smallest absolute Gasteiger partial charge is 0.309 e. The minimum atomic E-state index is -0.0422. The fourth-order valence-corrected chi connectivity index (χ4v) is 4.12. The van der Waals surface area contributed by atoms with Crippen molar-refractivity contribution >= 4 is 11.9 Å². The Balaban J connectivity index is 1.95. The van der Waals surface area contributed by atoms with E-state index in [1.54, 1.807) is 0 Å². The van der Waals surface area contributed by atoms with Crippen LogP contribution in [-0.4, -0.2) is 73.1 Å². The van der Waals surface area contributed by atoms with Crippen LogP contribution in [0.5, 0.6) is 0 Å². The molecule has 6 heteroatoms. The summed E-state index contributed by atoms with van der Waals surface area (Å²) in [5.41, 5.74) is 0.0681. The van der Waals surface area contributed by atoms with Gasteiger partial charge in [-0.2, -0.15) is 0 Å². The van der Waals surface area contributed by atoms with Crippen LogP contribution in [0.1, 0.15) is 60.3 Å². The zero-order valence-electron chi connectivity index (χ0n) is 18.1. The predicted molar refractivity (Wildman–Crippen MR) is 111 cm³/mol. The molecule has 2 aliphatic rings. The Kier molecular flexibility index (Phi) is 8.39. The summed E-state index contributed by atoms with van der Waals surface area (Å²) in [4.78, 5) is 21.9. The second-order valence-corrected chi connectivity index (χ2v) is 8.69. The van der Waals surface area contributed by atoms with Gasteiger partial charge in [-0.3, -0.25) is 14.7 Å². The Labute approximate surface area is 165 Å². The normalized spacial score (nSPS) is 23.4. The summed E-state index contributed by atoms with van der Waals surface area (Å²) >= 11 is 0. The lowest BCUT2D eigenvalue weighted by Gasteiger charge is -2.42. The number of carbonyl (C=O) groups excluding carboxylic acids is 1. The van der Waals surface area contributed by atoms with Crippen molar-refractivity contribution in [3.63, 3.8) is 0 Å². The van der Waals surface area contributed by atoms with Crippen molar-refractivity contribution in [3.05, 3.63) is 0 Å². The number of aliphatic imine (C=N–C) groups is 1. The van der Waals surface area contributed by atoms with E-state index in [1.807, 2.05) is 6.92 Å². The molecule has 0 aromatic carbocycles. The van der Waals surface area contributed by atoms with Crippen molar-refractivity contribution in [2.24, 2.45) is 16.8 Å². The monoisotopic (exact) mass is 380 g/mol. The van der Waals surface area contributed by atoms with E-state index in [0.29, 0.717) is 6.61 Å². The topological polar surface area (TPSA) is 57.2 Å². The van der Waals surface area contributed by atoms with Crippen LogP contribution < -0.4 is 5.32 Å². The van der Waals surface area contributed by atoms with Crippen LogP contribution in [0.25, 0.3) is 0 Å². The minimum absolute atomic E-state index is 0.0374. The molecule has 2 rings (SSSR count). The van der Waals surface area contributed by atoms with Crippen LogP contribution in [0.3, 0.4) is 0 Å². The molecule has 1 N–H and O–H groups in total. The fraction of sp³-hybridized carbons (Fsp3) is 0.905. The van der Waals surface area contributed by atoms with Crippen molar-refractivity contribution in [2.75, 3.05) is 45.9 Å². The molecule has 2 heterocycles. The largest absolute Gasteiger partial charge is 0.466 e. The molecule has 0 aliphatic carbocycles. The number of esters is 1. The number of likely N-dealkylation sites (tertiary alicyclic amines) is 2. The van der Waals surface area contributed by atoms with Gasteiger partial charge >= 0.3 is 5.97 Å². The average Bonchev–Trinajstić information content (AvgIpc) is 2.65. The van der Waals surface area contributed by atoms with Gasteiger partial charge < -0.3 is 15.0 Å². The molecule has 0 saturated carbocycles. The SMILES string of the molecule is CCNC(=NCC(C)(C)N1CCCC(C)C1)N1CCC(C(=O)OCC)CC1. The molecular formula is C21H40N4O2. The molecule has 2 aliphatic heterocycles. The van der Waals surface area contributed by atoms with Gasteiger partial charge in [0.15, 0.2) is 5.96 Å². The van der Waals surface area contributed by atoms with Crippen LogP contribution in [0.2, 0.25) is 0 Å². The van der Waals surface area contributed by atoms with Gasteiger partial charge in [-0.15, -0.1) is 0 Å². The molecule has 0 radical (unpaired) electrons. The average molecular weight is 381 g/mol. The van der Waals surface area contributed by atoms with Crippen LogP contribution in [-0.2, 0) is 9.53 Å².